The van der Waals surface area contributed by atoms with Gasteiger partial charge in [0.15, 0.2) is 0 Å². The zero-order valence-electron chi connectivity index (χ0n) is 7.87. The van der Waals surface area contributed by atoms with Crippen LogP contribution in [0.3, 0.4) is 0 Å². The molecule has 0 bridgehead atoms. The minimum absolute atomic E-state index is 0.990. The summed E-state index contributed by atoms with van der Waals surface area (Å²) >= 11 is 0. The summed E-state index contributed by atoms with van der Waals surface area (Å²) in [6, 6.07) is 10.4. The van der Waals surface area contributed by atoms with Crippen LogP contribution in [0.5, 0.6) is 0 Å². The molecule has 2 heteroatoms. The van der Waals surface area contributed by atoms with Crippen LogP contribution >= 0.6 is 0 Å². The molecule has 0 unspecified atom stereocenters. The van der Waals surface area contributed by atoms with Gasteiger partial charge in [-0.1, -0.05) is 18.2 Å². The minimum Gasteiger partial charge on any atom is -0.372 e. The maximum atomic E-state index is 3.41. The monoisotopic (exact) mass is 176 g/mol. The Labute approximate surface area is 79.6 Å². The molecule has 0 atom stereocenters. The van der Waals surface area contributed by atoms with Gasteiger partial charge in [0.25, 0.3) is 0 Å². The van der Waals surface area contributed by atoms with Gasteiger partial charge in [0.05, 0.1) is 6.67 Å². The molecular formula is C11H16N2. The van der Waals surface area contributed by atoms with Crippen molar-refractivity contribution >= 4 is 5.69 Å². The number of para-hydroxylation sites is 1. The molecular weight excluding hydrogens is 160 g/mol. The van der Waals surface area contributed by atoms with Crippen LogP contribution in [0.25, 0.3) is 0 Å². The van der Waals surface area contributed by atoms with Gasteiger partial charge in [0.1, 0.15) is 0 Å². The van der Waals surface area contributed by atoms with Crippen LogP contribution in [-0.4, -0.2) is 24.7 Å². The molecule has 1 aromatic rings. The minimum atomic E-state index is 0.990. The molecule has 0 aromatic heterocycles. The van der Waals surface area contributed by atoms with Crippen LogP contribution in [0.2, 0.25) is 0 Å². The van der Waals surface area contributed by atoms with Crippen LogP contribution in [0, 0.1) is 0 Å². The average Bonchev–Trinajstić information content (AvgIpc) is 2.69. The summed E-state index contributed by atoms with van der Waals surface area (Å²) in [7, 11) is 0. The van der Waals surface area contributed by atoms with Crippen molar-refractivity contribution in [3.05, 3.63) is 30.3 Å². The number of hydrogen-bond acceptors (Lipinski definition) is 2. The quantitative estimate of drug-likeness (QED) is 0.759. The first-order chi connectivity index (χ1) is 6.45. The average molecular weight is 176 g/mol. The standard InChI is InChI=1S/C11H16N2/c1-2-6-11(7-3-1)12-10-13-8-4-5-9-13/h1-3,6-7,12H,4-5,8-10H2. The largest absolute Gasteiger partial charge is 0.372 e. The fourth-order valence-corrected chi connectivity index (χ4v) is 1.70. The molecule has 1 heterocycles. The highest BCUT2D eigenvalue weighted by molar-refractivity contribution is 5.42. The molecule has 1 aromatic carbocycles. The van der Waals surface area contributed by atoms with Gasteiger partial charge < -0.3 is 5.32 Å². The summed E-state index contributed by atoms with van der Waals surface area (Å²) in [6.07, 6.45) is 2.72. The Morgan fingerprint density at radius 1 is 1.08 bits per heavy atom. The van der Waals surface area contributed by atoms with E-state index in [1.54, 1.807) is 0 Å². The molecule has 0 radical (unpaired) electrons. The number of anilines is 1. The van der Waals surface area contributed by atoms with E-state index in [0.717, 1.165) is 6.67 Å². The summed E-state index contributed by atoms with van der Waals surface area (Å²) in [5.41, 5.74) is 1.22. The number of rotatable bonds is 3. The molecule has 1 fully saturated rings. The van der Waals surface area contributed by atoms with Gasteiger partial charge in [0, 0.05) is 5.69 Å². The highest BCUT2D eigenvalue weighted by Crippen LogP contribution is 2.09. The molecule has 1 aliphatic heterocycles. The van der Waals surface area contributed by atoms with Crippen molar-refractivity contribution in [3.63, 3.8) is 0 Å². The Hall–Kier alpha value is -1.02. The van der Waals surface area contributed by atoms with Crippen LogP contribution in [0.1, 0.15) is 12.8 Å². The summed E-state index contributed by atoms with van der Waals surface area (Å²) in [4.78, 5) is 2.45. The molecule has 2 nitrogen and oxygen atoms in total. The van der Waals surface area contributed by atoms with Gasteiger partial charge in [-0.15, -0.1) is 0 Å². The second-order valence-corrected chi connectivity index (χ2v) is 3.53. The second-order valence-electron chi connectivity index (χ2n) is 3.53. The Kier molecular flexibility index (Phi) is 2.82. The lowest BCUT2D eigenvalue weighted by Crippen LogP contribution is -2.25. The van der Waals surface area contributed by atoms with Gasteiger partial charge >= 0.3 is 0 Å². The smallest absolute Gasteiger partial charge is 0.0678 e. The number of nitrogens with one attached hydrogen (secondary N) is 1. The van der Waals surface area contributed by atoms with Crippen molar-refractivity contribution in [1.29, 1.82) is 0 Å². The molecule has 0 saturated carbocycles. The Bertz CT molecular complexity index is 240. The van der Waals surface area contributed by atoms with Crippen LogP contribution in [-0.2, 0) is 0 Å². The van der Waals surface area contributed by atoms with Crippen LogP contribution in [0.4, 0.5) is 5.69 Å². The van der Waals surface area contributed by atoms with E-state index in [4.69, 9.17) is 0 Å². The SMILES string of the molecule is c1ccc(NCN2CCCC2)cc1. The van der Waals surface area contributed by atoms with Crippen molar-refractivity contribution < 1.29 is 0 Å². The third kappa shape index (κ3) is 2.46. The second kappa shape index (κ2) is 4.28. The molecule has 0 spiro atoms. The first-order valence-corrected chi connectivity index (χ1v) is 4.96. The summed E-state index contributed by atoms with van der Waals surface area (Å²) in [5, 5.41) is 3.41. The van der Waals surface area contributed by atoms with Crippen molar-refractivity contribution in [2.75, 3.05) is 25.1 Å². The van der Waals surface area contributed by atoms with E-state index in [1.807, 2.05) is 6.07 Å². The summed E-state index contributed by atoms with van der Waals surface area (Å²) in [6.45, 7) is 3.49. The fourth-order valence-electron chi connectivity index (χ4n) is 1.70. The normalized spacial score (nSPS) is 17.5. The Morgan fingerprint density at radius 3 is 2.46 bits per heavy atom. The summed E-state index contributed by atoms with van der Waals surface area (Å²) in [5.74, 6) is 0. The molecule has 1 N–H and O–H groups in total. The van der Waals surface area contributed by atoms with Crippen molar-refractivity contribution in [1.82, 2.24) is 4.90 Å². The van der Waals surface area contributed by atoms with Crippen molar-refractivity contribution in [2.24, 2.45) is 0 Å². The predicted octanol–water partition coefficient (Wildman–Crippen LogP) is 2.15. The van der Waals surface area contributed by atoms with Gasteiger partial charge in [-0.05, 0) is 38.1 Å². The molecule has 70 valence electrons. The Morgan fingerprint density at radius 2 is 1.77 bits per heavy atom. The topological polar surface area (TPSA) is 15.3 Å². The van der Waals surface area contributed by atoms with Gasteiger partial charge in [0.2, 0.25) is 0 Å². The molecule has 1 saturated heterocycles. The van der Waals surface area contributed by atoms with Crippen molar-refractivity contribution in [2.45, 2.75) is 12.8 Å². The third-order valence-electron chi connectivity index (χ3n) is 2.48. The van der Waals surface area contributed by atoms with Crippen molar-refractivity contribution in [3.8, 4) is 0 Å². The zero-order valence-corrected chi connectivity index (χ0v) is 7.87. The van der Waals surface area contributed by atoms with Gasteiger partial charge in [-0.2, -0.15) is 0 Å². The van der Waals surface area contributed by atoms with E-state index in [-0.39, 0.29) is 0 Å². The maximum Gasteiger partial charge on any atom is 0.0678 e. The van der Waals surface area contributed by atoms with Gasteiger partial charge in [-0.25, -0.2) is 0 Å². The number of nitrogens with zero attached hydrogens (tertiary/aromatic N) is 1. The highest BCUT2D eigenvalue weighted by Gasteiger charge is 2.09. The van der Waals surface area contributed by atoms with E-state index in [9.17, 15) is 0 Å². The van der Waals surface area contributed by atoms with Crippen LogP contribution in [0.15, 0.2) is 30.3 Å². The maximum absolute atomic E-state index is 3.41. The van der Waals surface area contributed by atoms with E-state index in [0.29, 0.717) is 0 Å². The number of hydrogen-bond donors (Lipinski definition) is 1. The predicted molar refractivity (Wildman–Crippen MR) is 55.7 cm³/mol. The molecule has 2 rings (SSSR count). The van der Waals surface area contributed by atoms with Gasteiger partial charge in [-0.3, -0.25) is 4.90 Å². The highest BCUT2D eigenvalue weighted by atomic mass is 15.2. The van der Waals surface area contributed by atoms with E-state index in [1.165, 1.54) is 31.6 Å². The lowest BCUT2D eigenvalue weighted by atomic mass is 10.3. The molecule has 0 amide bonds. The lowest BCUT2D eigenvalue weighted by molar-refractivity contribution is 0.364. The molecule has 0 aliphatic carbocycles. The third-order valence-corrected chi connectivity index (χ3v) is 2.48. The van der Waals surface area contributed by atoms with E-state index >= 15 is 0 Å². The molecule has 13 heavy (non-hydrogen) atoms. The fraction of sp³-hybridized carbons (Fsp3) is 0.455. The Balaban J connectivity index is 1.79. The summed E-state index contributed by atoms with van der Waals surface area (Å²) < 4.78 is 0. The first-order valence-electron chi connectivity index (χ1n) is 4.96. The molecule has 1 aliphatic rings. The van der Waals surface area contributed by atoms with E-state index in [2.05, 4.69) is 34.5 Å². The lowest BCUT2D eigenvalue weighted by Gasteiger charge is -2.15. The zero-order chi connectivity index (χ0) is 8.93. The van der Waals surface area contributed by atoms with E-state index < -0.39 is 0 Å². The van der Waals surface area contributed by atoms with Crippen LogP contribution < -0.4 is 5.32 Å². The number of benzene rings is 1. The number of likely N-dealkylation sites (tertiary alicyclic amines) is 1. The first kappa shape index (κ1) is 8.57.